The molecule has 0 fully saturated rings. The van der Waals surface area contributed by atoms with Crippen molar-refractivity contribution in [2.24, 2.45) is 11.5 Å². The topological polar surface area (TPSA) is 232 Å². The summed E-state index contributed by atoms with van der Waals surface area (Å²) in [5.74, 6) is -0.280. The van der Waals surface area contributed by atoms with Gasteiger partial charge in [-0.05, 0) is 81.4 Å². The van der Waals surface area contributed by atoms with E-state index >= 15 is 0 Å². The van der Waals surface area contributed by atoms with E-state index in [1.807, 2.05) is 84.9 Å². The number of rotatable bonds is 2. The zero-order chi connectivity index (χ0) is 43.4. The predicted molar refractivity (Wildman–Crippen MR) is 231 cm³/mol. The fraction of sp³-hybridized carbons (Fsp3) is 0.136. The first-order valence-corrected chi connectivity index (χ1v) is 20.3. The van der Waals surface area contributed by atoms with E-state index < -0.39 is 10.8 Å². The summed E-state index contributed by atoms with van der Waals surface area (Å²) < 4.78 is 16.5. The second-order valence-electron chi connectivity index (χ2n) is 14.0. The number of carbonyl (C=O) groups excluding carboxylic acids is 2. The Bertz CT molecular complexity index is 2770. The lowest BCUT2D eigenvalue weighted by molar-refractivity contribution is -0.119. The Hall–Kier alpha value is -7.18. The molecule has 6 aromatic rings. The number of para-hydroxylation sites is 2. The van der Waals surface area contributed by atoms with E-state index in [4.69, 9.17) is 26.0 Å². The third-order valence-electron chi connectivity index (χ3n) is 10.6. The van der Waals surface area contributed by atoms with Gasteiger partial charge in [0.2, 0.25) is 35.3 Å². The predicted octanol–water partition coefficient (Wildman–Crippen LogP) is 6.53. The van der Waals surface area contributed by atoms with E-state index in [0.717, 1.165) is 20.3 Å². The van der Waals surface area contributed by atoms with Crippen LogP contribution in [0, 0.1) is 36.5 Å². The molecule has 4 aliphatic rings. The number of fused-ring (bicyclic) bond motifs is 8. The number of aryl methyl sites for hydroxylation is 2. The summed E-state index contributed by atoms with van der Waals surface area (Å²) in [5.41, 5.74) is 15.8. The van der Waals surface area contributed by atoms with Gasteiger partial charge in [-0.2, -0.15) is 20.7 Å². The average Bonchev–Trinajstić information content (AvgIpc) is 3.93. The largest absolute Gasteiger partial charge is 0.422 e. The van der Waals surface area contributed by atoms with Crippen molar-refractivity contribution >= 4 is 55.0 Å². The summed E-state index contributed by atoms with van der Waals surface area (Å²) in [4.78, 5) is 26.9. The van der Waals surface area contributed by atoms with Gasteiger partial charge in [-0.25, -0.2) is 9.36 Å². The Labute approximate surface area is 365 Å². The van der Waals surface area contributed by atoms with Crippen LogP contribution < -0.4 is 31.6 Å². The van der Waals surface area contributed by atoms with E-state index in [-0.39, 0.29) is 41.3 Å². The number of nitriles is 2. The smallest absolute Gasteiger partial charge is 0.245 e. The molecule has 4 aliphatic heterocycles. The zero-order valence-corrected chi connectivity index (χ0v) is 35.8. The Morgan fingerprint density at radius 3 is 1.39 bits per heavy atom. The number of ether oxygens (including phenoxy) is 2. The molecule has 0 aliphatic carbocycles. The summed E-state index contributed by atoms with van der Waals surface area (Å²) in [6.45, 7) is 5.52. The highest BCUT2D eigenvalue weighted by Gasteiger charge is 2.60. The standard InChI is InChI=1S/2C21H14BrN5O2.C2H6O/c2*1-11-17-19(27(26-11)13-5-3-2-4-6-13)29-18(24)15(10-23)21(17)14-9-12(22)7-8-16(14)25-20(21)28;1-2-3/h2*2-9H,24H2,1H3,(H,25,28);3H,2H2,1H3. The monoisotopic (exact) mass is 940 g/mol. The zero-order valence-electron chi connectivity index (χ0n) is 32.6. The molecular weight excluding hydrogens is 908 g/mol. The molecule has 0 saturated heterocycles. The number of anilines is 2. The van der Waals surface area contributed by atoms with Crippen LogP contribution in [0.4, 0.5) is 11.4 Å². The fourth-order valence-electron chi connectivity index (χ4n) is 8.30. The summed E-state index contributed by atoms with van der Waals surface area (Å²) in [7, 11) is 0. The summed E-state index contributed by atoms with van der Waals surface area (Å²) >= 11 is 6.94. The number of nitrogens with two attached hydrogens (primary N) is 2. The van der Waals surface area contributed by atoms with Crippen LogP contribution in [0.5, 0.6) is 11.8 Å². The third-order valence-corrected chi connectivity index (χ3v) is 11.6. The van der Waals surface area contributed by atoms with Crippen molar-refractivity contribution in [2.75, 3.05) is 17.2 Å². The lowest BCUT2D eigenvalue weighted by atomic mass is 9.69. The number of carbonyl (C=O) groups is 2. The van der Waals surface area contributed by atoms with Gasteiger partial charge in [0.15, 0.2) is 0 Å². The van der Waals surface area contributed by atoms with Crippen LogP contribution in [0.1, 0.15) is 40.6 Å². The molecule has 15 nitrogen and oxygen atoms in total. The number of benzene rings is 4. The second kappa shape index (κ2) is 15.4. The molecule has 0 bridgehead atoms. The van der Waals surface area contributed by atoms with Crippen molar-refractivity contribution in [1.82, 2.24) is 19.6 Å². The van der Waals surface area contributed by atoms with Crippen LogP contribution in [0.25, 0.3) is 11.4 Å². The number of hydrogen-bond donors (Lipinski definition) is 5. The van der Waals surface area contributed by atoms with Crippen molar-refractivity contribution in [3.63, 3.8) is 0 Å². The first-order chi connectivity index (χ1) is 29.4. The molecule has 304 valence electrons. The van der Waals surface area contributed by atoms with Gasteiger partial charge >= 0.3 is 0 Å². The van der Waals surface area contributed by atoms with Crippen LogP contribution in [-0.4, -0.2) is 43.1 Å². The fourth-order valence-corrected chi connectivity index (χ4v) is 9.02. The van der Waals surface area contributed by atoms with E-state index in [0.29, 0.717) is 56.8 Å². The number of aliphatic hydroxyl groups excluding tert-OH is 1. The van der Waals surface area contributed by atoms with Crippen LogP contribution in [0.15, 0.2) is 129 Å². The molecule has 0 saturated carbocycles. The number of aromatic nitrogens is 4. The molecule has 2 aromatic heterocycles. The highest BCUT2D eigenvalue weighted by atomic mass is 79.9. The molecule has 2 amide bonds. The molecule has 10 rings (SSSR count). The van der Waals surface area contributed by atoms with Gasteiger partial charge in [0.05, 0.1) is 33.9 Å². The van der Waals surface area contributed by atoms with E-state index in [9.17, 15) is 20.1 Å². The van der Waals surface area contributed by atoms with E-state index in [1.165, 1.54) is 0 Å². The van der Waals surface area contributed by atoms with Crippen molar-refractivity contribution in [1.29, 1.82) is 10.5 Å². The maximum absolute atomic E-state index is 13.4. The number of aliphatic hydroxyl groups is 1. The Morgan fingerprint density at radius 1 is 0.689 bits per heavy atom. The average molecular weight is 943 g/mol. The lowest BCUT2D eigenvalue weighted by Crippen LogP contribution is -2.42. The van der Waals surface area contributed by atoms with Crippen molar-refractivity contribution < 1.29 is 24.2 Å². The molecular formula is C44H34Br2N10O5. The lowest BCUT2D eigenvalue weighted by Gasteiger charge is -2.32. The second-order valence-corrected chi connectivity index (χ2v) is 15.9. The molecule has 4 aromatic carbocycles. The Balaban J connectivity index is 0.000000158. The van der Waals surface area contributed by atoms with Gasteiger partial charge < -0.3 is 36.7 Å². The normalized spacial score (nSPS) is 18.8. The highest BCUT2D eigenvalue weighted by molar-refractivity contribution is 9.10. The SMILES string of the molecule is CCO.Cc1nn(-c2ccccc2)c2c1C1(C(=O)Nc3ccc(Br)cc31)C(C#N)=C(N)O2.Cc1nn(-c2ccccc2)c2c1C1(C(=O)Nc3ccc(Br)cc31)C(C#N)=C(N)O2. The van der Waals surface area contributed by atoms with Crippen molar-refractivity contribution in [2.45, 2.75) is 31.6 Å². The van der Waals surface area contributed by atoms with Crippen LogP contribution in [0.2, 0.25) is 0 Å². The van der Waals surface area contributed by atoms with Gasteiger partial charge in [0.25, 0.3) is 0 Å². The van der Waals surface area contributed by atoms with Crippen LogP contribution >= 0.6 is 31.9 Å². The van der Waals surface area contributed by atoms with Crippen LogP contribution in [0.3, 0.4) is 0 Å². The van der Waals surface area contributed by atoms with Gasteiger partial charge in [-0.3, -0.25) is 9.59 Å². The molecule has 2 spiro atoms. The molecule has 17 heteroatoms. The first-order valence-electron chi connectivity index (χ1n) is 18.7. The van der Waals surface area contributed by atoms with Gasteiger partial charge in [-0.1, -0.05) is 68.3 Å². The molecule has 61 heavy (non-hydrogen) atoms. The highest BCUT2D eigenvalue weighted by Crippen LogP contribution is 2.56. The number of nitrogens with zero attached hydrogens (tertiary/aromatic N) is 6. The molecule has 0 radical (unpaired) electrons. The molecule has 6 heterocycles. The maximum Gasteiger partial charge on any atom is 0.245 e. The van der Waals surface area contributed by atoms with Gasteiger partial charge in [0.1, 0.15) is 34.1 Å². The minimum absolute atomic E-state index is 0.0510. The minimum atomic E-state index is -1.43. The van der Waals surface area contributed by atoms with E-state index in [2.05, 4.69) is 64.8 Å². The maximum atomic E-state index is 13.4. The first kappa shape index (κ1) is 40.6. The Kier molecular flexibility index (Phi) is 10.3. The number of halogens is 2. The van der Waals surface area contributed by atoms with E-state index in [1.54, 1.807) is 42.3 Å². The molecule has 2 unspecified atom stereocenters. The van der Waals surface area contributed by atoms with Crippen molar-refractivity contribution in [3.05, 3.63) is 163 Å². The quantitative estimate of drug-likeness (QED) is 0.125. The number of hydrogen-bond acceptors (Lipinski definition) is 11. The summed E-state index contributed by atoms with van der Waals surface area (Å²) in [5, 5.41) is 42.5. The summed E-state index contributed by atoms with van der Waals surface area (Å²) in [6, 6.07) is 34.0. The van der Waals surface area contributed by atoms with Gasteiger partial charge in [-0.15, -0.1) is 0 Å². The number of nitrogens with one attached hydrogen (secondary N) is 2. The summed E-state index contributed by atoms with van der Waals surface area (Å²) in [6.07, 6.45) is 0. The van der Waals surface area contributed by atoms with Gasteiger partial charge in [0, 0.05) is 38.1 Å². The third kappa shape index (κ3) is 6.00. The van der Waals surface area contributed by atoms with Crippen LogP contribution in [-0.2, 0) is 20.4 Å². The molecule has 2 atom stereocenters. The minimum Gasteiger partial charge on any atom is -0.422 e. The Morgan fingerprint density at radius 2 is 1.05 bits per heavy atom. The number of amides is 2. The molecule has 7 N–H and O–H groups in total. The van der Waals surface area contributed by atoms with Crippen molar-refractivity contribution in [3.8, 4) is 35.3 Å².